The maximum atomic E-state index is 11.9. The molecule has 2 aromatic carbocycles. The SMILES string of the molecule is CCOC(=O)c1ccc(NC(=O)COC(=O)/C=C/c2ccc3c(c2)OCO3)cc1. The van der Waals surface area contributed by atoms with Gasteiger partial charge in [-0.1, -0.05) is 6.07 Å². The maximum Gasteiger partial charge on any atom is 0.338 e. The lowest BCUT2D eigenvalue weighted by Gasteiger charge is -2.06. The molecule has 1 aliphatic rings. The molecule has 0 fully saturated rings. The van der Waals surface area contributed by atoms with Crippen molar-refractivity contribution in [1.82, 2.24) is 0 Å². The highest BCUT2D eigenvalue weighted by Gasteiger charge is 2.12. The molecular formula is C21H19NO7. The van der Waals surface area contributed by atoms with Crippen molar-refractivity contribution in [2.75, 3.05) is 25.3 Å². The third-order valence-corrected chi connectivity index (χ3v) is 3.83. The van der Waals surface area contributed by atoms with Gasteiger partial charge in [0.2, 0.25) is 6.79 Å². The summed E-state index contributed by atoms with van der Waals surface area (Å²) in [7, 11) is 0. The number of fused-ring (bicyclic) bond motifs is 1. The minimum atomic E-state index is -0.657. The van der Waals surface area contributed by atoms with Crippen molar-refractivity contribution < 1.29 is 33.3 Å². The van der Waals surface area contributed by atoms with Gasteiger partial charge < -0.3 is 24.3 Å². The number of anilines is 1. The van der Waals surface area contributed by atoms with Crippen molar-refractivity contribution >= 4 is 29.6 Å². The van der Waals surface area contributed by atoms with E-state index in [1.165, 1.54) is 18.2 Å². The number of amides is 1. The van der Waals surface area contributed by atoms with Crippen LogP contribution in [0.5, 0.6) is 11.5 Å². The van der Waals surface area contributed by atoms with Crippen LogP contribution >= 0.6 is 0 Å². The Morgan fingerprint density at radius 3 is 2.55 bits per heavy atom. The van der Waals surface area contributed by atoms with Crippen molar-refractivity contribution in [3.8, 4) is 11.5 Å². The number of rotatable bonds is 7. The van der Waals surface area contributed by atoms with Gasteiger partial charge in [0.15, 0.2) is 18.1 Å². The molecule has 1 aliphatic heterocycles. The van der Waals surface area contributed by atoms with E-state index in [0.717, 1.165) is 5.56 Å². The van der Waals surface area contributed by atoms with Crippen LogP contribution in [0.4, 0.5) is 5.69 Å². The van der Waals surface area contributed by atoms with Crippen LogP contribution in [0.15, 0.2) is 48.5 Å². The number of esters is 2. The molecule has 0 atom stereocenters. The molecule has 1 heterocycles. The van der Waals surface area contributed by atoms with Gasteiger partial charge in [-0.05, 0) is 55.0 Å². The van der Waals surface area contributed by atoms with Crippen LogP contribution in [0.3, 0.4) is 0 Å². The number of carbonyl (C=O) groups excluding carboxylic acids is 3. The Morgan fingerprint density at radius 1 is 1.03 bits per heavy atom. The summed E-state index contributed by atoms with van der Waals surface area (Å²) >= 11 is 0. The van der Waals surface area contributed by atoms with E-state index in [9.17, 15) is 14.4 Å². The Labute approximate surface area is 167 Å². The van der Waals surface area contributed by atoms with E-state index in [1.807, 2.05) is 0 Å². The Morgan fingerprint density at radius 2 is 1.79 bits per heavy atom. The predicted octanol–water partition coefficient (Wildman–Crippen LogP) is 2.79. The van der Waals surface area contributed by atoms with Crippen molar-refractivity contribution in [3.05, 3.63) is 59.7 Å². The van der Waals surface area contributed by atoms with Crippen LogP contribution < -0.4 is 14.8 Å². The summed E-state index contributed by atoms with van der Waals surface area (Å²) in [4.78, 5) is 35.3. The van der Waals surface area contributed by atoms with Crippen molar-refractivity contribution in [1.29, 1.82) is 0 Å². The fraction of sp³-hybridized carbons (Fsp3) is 0.190. The molecule has 2 aromatic rings. The second kappa shape index (κ2) is 9.41. The van der Waals surface area contributed by atoms with E-state index in [0.29, 0.717) is 22.7 Å². The van der Waals surface area contributed by atoms with Crippen molar-refractivity contribution in [2.45, 2.75) is 6.92 Å². The normalized spacial score (nSPS) is 11.9. The summed E-state index contributed by atoms with van der Waals surface area (Å²) in [6.45, 7) is 1.74. The minimum Gasteiger partial charge on any atom is -0.462 e. The van der Waals surface area contributed by atoms with Gasteiger partial charge >= 0.3 is 11.9 Å². The van der Waals surface area contributed by atoms with Gasteiger partial charge in [0.1, 0.15) is 0 Å². The van der Waals surface area contributed by atoms with Crippen LogP contribution in [0.1, 0.15) is 22.8 Å². The first kappa shape index (κ1) is 19.9. The smallest absolute Gasteiger partial charge is 0.338 e. The average molecular weight is 397 g/mol. The zero-order valence-electron chi connectivity index (χ0n) is 15.7. The Kier molecular flexibility index (Phi) is 6.47. The molecule has 1 amide bonds. The predicted molar refractivity (Wildman–Crippen MR) is 104 cm³/mol. The van der Waals surface area contributed by atoms with Gasteiger partial charge in [-0.3, -0.25) is 4.79 Å². The highest BCUT2D eigenvalue weighted by molar-refractivity contribution is 5.95. The standard InChI is InChI=1S/C21H19NO7/c1-2-26-21(25)15-5-7-16(8-6-15)22-19(23)12-27-20(24)10-4-14-3-9-17-18(11-14)29-13-28-17/h3-11H,2,12-13H2,1H3,(H,22,23)/b10-4+. The fourth-order valence-corrected chi connectivity index (χ4v) is 2.47. The van der Waals surface area contributed by atoms with Gasteiger partial charge in [-0.15, -0.1) is 0 Å². The monoisotopic (exact) mass is 397 g/mol. The molecule has 29 heavy (non-hydrogen) atoms. The first-order valence-corrected chi connectivity index (χ1v) is 8.86. The van der Waals surface area contributed by atoms with Crippen LogP contribution in [-0.4, -0.2) is 37.9 Å². The number of carbonyl (C=O) groups is 3. The summed E-state index contributed by atoms with van der Waals surface area (Å²) in [5, 5.41) is 2.57. The topological polar surface area (TPSA) is 100 Å². The molecule has 3 rings (SSSR count). The Balaban J connectivity index is 1.45. The lowest BCUT2D eigenvalue weighted by molar-refractivity contribution is -0.142. The summed E-state index contributed by atoms with van der Waals surface area (Å²) in [5.74, 6) is -0.340. The number of nitrogens with one attached hydrogen (secondary N) is 1. The summed E-state index contributed by atoms with van der Waals surface area (Å²) < 4.78 is 20.3. The van der Waals surface area contributed by atoms with Gasteiger partial charge in [0.25, 0.3) is 5.91 Å². The molecular weight excluding hydrogens is 378 g/mol. The second-order valence-corrected chi connectivity index (χ2v) is 5.90. The molecule has 0 bridgehead atoms. The molecule has 1 N–H and O–H groups in total. The molecule has 0 unspecified atom stereocenters. The summed E-state index contributed by atoms with van der Waals surface area (Å²) in [5.41, 5.74) is 1.58. The first-order valence-electron chi connectivity index (χ1n) is 8.86. The molecule has 0 spiro atoms. The third-order valence-electron chi connectivity index (χ3n) is 3.83. The van der Waals surface area contributed by atoms with Crippen molar-refractivity contribution in [3.63, 3.8) is 0 Å². The maximum absolute atomic E-state index is 11.9. The minimum absolute atomic E-state index is 0.172. The molecule has 8 nitrogen and oxygen atoms in total. The van der Waals surface area contributed by atoms with Gasteiger partial charge in [-0.25, -0.2) is 9.59 Å². The number of ether oxygens (including phenoxy) is 4. The van der Waals surface area contributed by atoms with Crippen LogP contribution in [0.25, 0.3) is 6.08 Å². The van der Waals surface area contributed by atoms with Crippen LogP contribution in [-0.2, 0) is 19.1 Å². The quantitative estimate of drug-likeness (QED) is 0.566. The number of hydrogen-bond donors (Lipinski definition) is 1. The Hall–Kier alpha value is -3.81. The molecule has 0 saturated carbocycles. The van der Waals surface area contributed by atoms with E-state index in [4.69, 9.17) is 18.9 Å². The third kappa shape index (κ3) is 5.58. The van der Waals surface area contributed by atoms with Gasteiger partial charge in [-0.2, -0.15) is 0 Å². The summed E-state index contributed by atoms with van der Waals surface area (Å²) in [6, 6.07) is 11.4. The second-order valence-electron chi connectivity index (χ2n) is 5.90. The number of hydrogen-bond acceptors (Lipinski definition) is 7. The summed E-state index contributed by atoms with van der Waals surface area (Å²) in [6.07, 6.45) is 2.77. The number of benzene rings is 2. The van der Waals surface area contributed by atoms with Crippen LogP contribution in [0.2, 0.25) is 0 Å². The van der Waals surface area contributed by atoms with E-state index < -0.39 is 24.5 Å². The fourth-order valence-electron chi connectivity index (χ4n) is 2.47. The van der Waals surface area contributed by atoms with E-state index in [2.05, 4.69) is 5.32 Å². The molecule has 0 aliphatic carbocycles. The van der Waals surface area contributed by atoms with E-state index >= 15 is 0 Å². The zero-order chi connectivity index (χ0) is 20.6. The lowest BCUT2D eigenvalue weighted by Crippen LogP contribution is -2.20. The zero-order valence-corrected chi connectivity index (χ0v) is 15.7. The van der Waals surface area contributed by atoms with E-state index in [-0.39, 0.29) is 13.4 Å². The highest BCUT2D eigenvalue weighted by Crippen LogP contribution is 2.32. The largest absolute Gasteiger partial charge is 0.462 e. The van der Waals surface area contributed by atoms with E-state index in [1.54, 1.807) is 43.3 Å². The van der Waals surface area contributed by atoms with Gasteiger partial charge in [0.05, 0.1) is 12.2 Å². The molecule has 0 aromatic heterocycles. The first-order chi connectivity index (χ1) is 14.0. The lowest BCUT2D eigenvalue weighted by atomic mass is 10.2. The molecule has 0 saturated heterocycles. The molecule has 150 valence electrons. The van der Waals surface area contributed by atoms with Crippen LogP contribution in [0, 0.1) is 0 Å². The molecule has 0 radical (unpaired) electrons. The van der Waals surface area contributed by atoms with Gasteiger partial charge in [0, 0.05) is 11.8 Å². The van der Waals surface area contributed by atoms with Crippen molar-refractivity contribution in [2.24, 2.45) is 0 Å². The molecule has 8 heteroatoms. The Bertz CT molecular complexity index is 935. The average Bonchev–Trinajstić information content (AvgIpc) is 3.19. The highest BCUT2D eigenvalue weighted by atomic mass is 16.7.